The number of benzene rings is 2. The van der Waals surface area contributed by atoms with Crippen molar-refractivity contribution in [1.29, 1.82) is 0 Å². The largest absolute Gasteiger partial charge is 0.493 e. The first-order valence-corrected chi connectivity index (χ1v) is 9.00. The third-order valence-electron chi connectivity index (χ3n) is 4.24. The van der Waals surface area contributed by atoms with E-state index < -0.39 is 11.5 Å². The molecule has 28 heavy (non-hydrogen) atoms. The molecule has 6 heteroatoms. The van der Waals surface area contributed by atoms with E-state index in [-0.39, 0.29) is 23.8 Å². The van der Waals surface area contributed by atoms with Crippen LogP contribution in [0.4, 0.5) is 0 Å². The van der Waals surface area contributed by atoms with Crippen molar-refractivity contribution < 1.29 is 23.8 Å². The molecule has 0 atom stereocenters. The molecule has 0 N–H and O–H groups in total. The summed E-state index contributed by atoms with van der Waals surface area (Å²) in [5.41, 5.74) is 0.791. The van der Waals surface area contributed by atoms with E-state index in [0.29, 0.717) is 12.3 Å². The number of hydrogen-bond donors (Lipinski definition) is 0. The van der Waals surface area contributed by atoms with Gasteiger partial charge in [0.15, 0.2) is 18.1 Å². The lowest BCUT2D eigenvalue weighted by Crippen LogP contribution is -2.46. The van der Waals surface area contributed by atoms with Crippen molar-refractivity contribution in [1.82, 2.24) is 4.90 Å². The Balaban J connectivity index is 2.11. The van der Waals surface area contributed by atoms with Gasteiger partial charge in [-0.15, -0.1) is 0 Å². The van der Waals surface area contributed by atoms with Crippen molar-refractivity contribution in [3.05, 3.63) is 59.7 Å². The van der Waals surface area contributed by atoms with Gasteiger partial charge in [-0.05, 0) is 38.5 Å². The third-order valence-corrected chi connectivity index (χ3v) is 4.24. The van der Waals surface area contributed by atoms with Crippen LogP contribution < -0.4 is 9.47 Å². The number of carbonyl (C=O) groups is 2. The molecule has 2 aromatic carbocycles. The summed E-state index contributed by atoms with van der Waals surface area (Å²) in [6.45, 7) is 5.91. The zero-order chi connectivity index (χ0) is 20.7. The maximum Gasteiger partial charge on any atom is 0.342 e. The Bertz CT molecular complexity index is 811. The number of hydrogen-bond acceptors (Lipinski definition) is 5. The molecular formula is C22H27NO5. The average Bonchev–Trinajstić information content (AvgIpc) is 2.69. The van der Waals surface area contributed by atoms with Crippen LogP contribution in [0.2, 0.25) is 0 Å². The first-order valence-electron chi connectivity index (χ1n) is 9.00. The smallest absolute Gasteiger partial charge is 0.342 e. The number of amides is 1. The van der Waals surface area contributed by atoms with Crippen LogP contribution in [0.25, 0.3) is 0 Å². The van der Waals surface area contributed by atoms with E-state index in [2.05, 4.69) is 0 Å². The fourth-order valence-corrected chi connectivity index (χ4v) is 2.80. The van der Waals surface area contributed by atoms with Gasteiger partial charge >= 0.3 is 5.97 Å². The second-order valence-electron chi connectivity index (χ2n) is 7.25. The Kier molecular flexibility index (Phi) is 7.04. The molecule has 0 unspecified atom stereocenters. The fraction of sp³-hybridized carbons (Fsp3) is 0.364. The van der Waals surface area contributed by atoms with E-state index in [1.807, 2.05) is 51.1 Å². The number of esters is 1. The van der Waals surface area contributed by atoms with E-state index in [1.165, 1.54) is 14.2 Å². The summed E-state index contributed by atoms with van der Waals surface area (Å²) in [5.74, 6) is -0.215. The van der Waals surface area contributed by atoms with Gasteiger partial charge in [0, 0.05) is 12.1 Å². The van der Waals surface area contributed by atoms with Crippen LogP contribution in [0.1, 0.15) is 36.7 Å². The number of ether oxygens (including phenoxy) is 3. The molecule has 0 aromatic heterocycles. The molecule has 0 aliphatic rings. The minimum absolute atomic E-state index is 0.208. The Morgan fingerprint density at radius 3 is 2.18 bits per heavy atom. The minimum Gasteiger partial charge on any atom is -0.493 e. The Morgan fingerprint density at radius 2 is 1.61 bits per heavy atom. The van der Waals surface area contributed by atoms with Crippen molar-refractivity contribution >= 4 is 11.9 Å². The quantitative estimate of drug-likeness (QED) is 0.680. The first-order chi connectivity index (χ1) is 13.3. The van der Waals surface area contributed by atoms with Crippen molar-refractivity contribution in [3.8, 4) is 11.5 Å². The maximum absolute atomic E-state index is 12.8. The molecule has 0 bridgehead atoms. The molecule has 0 radical (unpaired) electrons. The summed E-state index contributed by atoms with van der Waals surface area (Å²) >= 11 is 0. The van der Waals surface area contributed by atoms with Gasteiger partial charge in [-0.2, -0.15) is 0 Å². The van der Waals surface area contributed by atoms with Gasteiger partial charge in [0.05, 0.1) is 14.2 Å². The van der Waals surface area contributed by atoms with Crippen LogP contribution in [-0.4, -0.2) is 43.1 Å². The van der Waals surface area contributed by atoms with Gasteiger partial charge in [0.2, 0.25) is 0 Å². The normalized spacial score (nSPS) is 10.9. The molecule has 0 fully saturated rings. The van der Waals surface area contributed by atoms with Gasteiger partial charge in [-0.25, -0.2) is 4.79 Å². The highest BCUT2D eigenvalue weighted by Gasteiger charge is 2.28. The van der Waals surface area contributed by atoms with Crippen LogP contribution in [-0.2, 0) is 16.1 Å². The number of nitrogens with zero attached hydrogens (tertiary/aromatic N) is 1. The highest BCUT2D eigenvalue weighted by atomic mass is 16.5. The lowest BCUT2D eigenvalue weighted by molar-refractivity contribution is -0.140. The zero-order valence-electron chi connectivity index (χ0n) is 17.0. The topological polar surface area (TPSA) is 65.1 Å². The fourth-order valence-electron chi connectivity index (χ4n) is 2.80. The molecule has 0 saturated carbocycles. The number of para-hydroxylation sites is 1. The third kappa shape index (κ3) is 5.25. The second kappa shape index (κ2) is 9.26. The van der Waals surface area contributed by atoms with E-state index in [0.717, 1.165) is 5.56 Å². The number of carbonyl (C=O) groups excluding carboxylic acids is 2. The number of rotatable bonds is 7. The Hall–Kier alpha value is -3.02. The minimum atomic E-state index is -0.641. The van der Waals surface area contributed by atoms with Crippen LogP contribution >= 0.6 is 0 Å². The summed E-state index contributed by atoms with van der Waals surface area (Å²) in [7, 11) is 2.93. The highest BCUT2D eigenvalue weighted by Crippen LogP contribution is 2.31. The molecule has 0 spiro atoms. The molecule has 0 aliphatic heterocycles. The van der Waals surface area contributed by atoms with Crippen molar-refractivity contribution in [2.45, 2.75) is 32.9 Å². The molecule has 6 nitrogen and oxygen atoms in total. The maximum atomic E-state index is 12.8. The summed E-state index contributed by atoms with van der Waals surface area (Å²) in [5, 5.41) is 0. The standard InChI is InChI=1S/C22H27NO5/c1-22(2,3)23(14-16-10-7-6-8-11-16)19(24)15-28-21(25)17-12-9-13-18(26-4)20(17)27-5/h6-13H,14-15H2,1-5H3. The van der Waals surface area contributed by atoms with Crippen LogP contribution in [0.15, 0.2) is 48.5 Å². The van der Waals surface area contributed by atoms with E-state index >= 15 is 0 Å². The van der Waals surface area contributed by atoms with Crippen LogP contribution in [0, 0.1) is 0 Å². The average molecular weight is 385 g/mol. The summed E-state index contributed by atoms with van der Waals surface area (Å²) < 4.78 is 15.7. The first kappa shape index (κ1) is 21.3. The SMILES string of the molecule is COc1cccc(C(=O)OCC(=O)N(Cc2ccccc2)C(C)(C)C)c1OC. The lowest BCUT2D eigenvalue weighted by atomic mass is 10.0. The Morgan fingerprint density at radius 1 is 0.929 bits per heavy atom. The van der Waals surface area contributed by atoms with E-state index in [4.69, 9.17) is 14.2 Å². The number of methoxy groups -OCH3 is 2. The van der Waals surface area contributed by atoms with Gasteiger partial charge in [-0.1, -0.05) is 36.4 Å². The second-order valence-corrected chi connectivity index (χ2v) is 7.25. The van der Waals surface area contributed by atoms with Crippen molar-refractivity contribution in [3.63, 3.8) is 0 Å². The summed E-state index contributed by atoms with van der Waals surface area (Å²) in [4.78, 5) is 27.0. The lowest BCUT2D eigenvalue weighted by Gasteiger charge is -2.35. The van der Waals surface area contributed by atoms with Crippen LogP contribution in [0.5, 0.6) is 11.5 Å². The molecule has 2 aromatic rings. The predicted octanol–water partition coefficient (Wildman–Crippen LogP) is 3.69. The van der Waals surface area contributed by atoms with Gasteiger partial charge < -0.3 is 19.1 Å². The van der Waals surface area contributed by atoms with Crippen molar-refractivity contribution in [2.75, 3.05) is 20.8 Å². The monoisotopic (exact) mass is 385 g/mol. The Labute approximate surface area is 166 Å². The van der Waals surface area contributed by atoms with Crippen LogP contribution in [0.3, 0.4) is 0 Å². The zero-order valence-corrected chi connectivity index (χ0v) is 17.0. The molecule has 1 amide bonds. The molecule has 2 rings (SSSR count). The van der Waals surface area contributed by atoms with E-state index in [1.54, 1.807) is 23.1 Å². The molecule has 0 aliphatic carbocycles. The molecular weight excluding hydrogens is 358 g/mol. The highest BCUT2D eigenvalue weighted by molar-refractivity contribution is 5.95. The predicted molar refractivity (Wildman–Crippen MR) is 107 cm³/mol. The van der Waals surface area contributed by atoms with Gasteiger partial charge in [0.25, 0.3) is 5.91 Å². The van der Waals surface area contributed by atoms with Gasteiger partial charge in [-0.3, -0.25) is 4.79 Å². The van der Waals surface area contributed by atoms with Crippen molar-refractivity contribution in [2.24, 2.45) is 0 Å². The molecule has 150 valence electrons. The summed E-state index contributed by atoms with van der Waals surface area (Å²) in [6, 6.07) is 14.6. The van der Waals surface area contributed by atoms with E-state index in [9.17, 15) is 9.59 Å². The summed E-state index contributed by atoms with van der Waals surface area (Å²) in [6.07, 6.45) is 0. The molecule has 0 saturated heterocycles. The molecule has 0 heterocycles. The van der Waals surface area contributed by atoms with Gasteiger partial charge in [0.1, 0.15) is 5.56 Å².